The molecule has 0 radical (unpaired) electrons. The van der Waals surface area contributed by atoms with Crippen LogP contribution in [0, 0.1) is 6.92 Å². The van der Waals surface area contributed by atoms with E-state index in [1.54, 1.807) is 34.4 Å². The highest BCUT2D eigenvalue weighted by molar-refractivity contribution is 7.22. The van der Waals surface area contributed by atoms with Crippen LogP contribution in [0.15, 0.2) is 36.4 Å². The van der Waals surface area contributed by atoms with E-state index >= 15 is 0 Å². The first-order valence-electron chi connectivity index (χ1n) is 9.75. The number of carbonyl (C=O) groups excluding carboxylic acids is 1. The minimum absolute atomic E-state index is 0. The van der Waals surface area contributed by atoms with E-state index in [-0.39, 0.29) is 18.3 Å². The lowest BCUT2D eigenvalue weighted by Gasteiger charge is -2.23. The lowest BCUT2D eigenvalue weighted by Crippen LogP contribution is -2.33. The molecule has 6 nitrogen and oxygen atoms in total. The van der Waals surface area contributed by atoms with Gasteiger partial charge in [-0.2, -0.15) is 0 Å². The van der Waals surface area contributed by atoms with Crippen molar-refractivity contribution in [3.63, 3.8) is 0 Å². The van der Waals surface area contributed by atoms with Crippen LogP contribution in [0.4, 0.5) is 5.13 Å². The van der Waals surface area contributed by atoms with Crippen molar-refractivity contribution < 1.29 is 14.3 Å². The number of anilines is 1. The van der Waals surface area contributed by atoms with E-state index in [9.17, 15) is 4.79 Å². The molecule has 1 aliphatic rings. The molecule has 0 atom stereocenters. The lowest BCUT2D eigenvalue weighted by molar-refractivity contribution is 0.0984. The van der Waals surface area contributed by atoms with Gasteiger partial charge >= 0.3 is 0 Å². The number of hydrogen-bond acceptors (Lipinski definition) is 6. The van der Waals surface area contributed by atoms with Crippen LogP contribution in [0.1, 0.15) is 22.3 Å². The fraction of sp³-hybridized carbons (Fsp3) is 0.364. The van der Waals surface area contributed by atoms with Crippen LogP contribution in [0.3, 0.4) is 0 Å². The molecule has 1 aliphatic heterocycles. The summed E-state index contributed by atoms with van der Waals surface area (Å²) in [5.74, 6) is 1.23. The molecule has 0 spiro atoms. The Hall–Kier alpha value is -2.35. The first kappa shape index (κ1) is 22.3. The second-order valence-electron chi connectivity index (χ2n) is 7.44. The van der Waals surface area contributed by atoms with Crippen molar-refractivity contribution in [3.8, 4) is 11.5 Å². The summed E-state index contributed by atoms with van der Waals surface area (Å²) < 4.78 is 12.3. The number of carbonyl (C=O) groups is 1. The zero-order valence-electron chi connectivity index (χ0n) is 17.4. The fourth-order valence-electron chi connectivity index (χ4n) is 3.30. The van der Waals surface area contributed by atoms with E-state index in [1.807, 2.05) is 26.2 Å². The van der Waals surface area contributed by atoms with Crippen LogP contribution in [-0.4, -0.2) is 56.2 Å². The number of thiazole rings is 1. The monoisotopic (exact) mass is 447 g/mol. The second-order valence-corrected chi connectivity index (χ2v) is 8.45. The molecule has 2 heterocycles. The molecular weight excluding hydrogens is 422 g/mol. The molecule has 4 rings (SSSR count). The predicted molar refractivity (Wildman–Crippen MR) is 124 cm³/mol. The second kappa shape index (κ2) is 9.64. The Balaban J connectivity index is 0.00000256. The normalized spacial score (nSPS) is 12.7. The molecule has 0 saturated carbocycles. The van der Waals surface area contributed by atoms with Crippen molar-refractivity contribution >= 4 is 45.0 Å². The van der Waals surface area contributed by atoms with Gasteiger partial charge in [-0.15, -0.1) is 12.4 Å². The summed E-state index contributed by atoms with van der Waals surface area (Å²) in [6.45, 7) is 4.59. The summed E-state index contributed by atoms with van der Waals surface area (Å²) in [4.78, 5) is 22.1. The zero-order chi connectivity index (χ0) is 20.4. The third-order valence-corrected chi connectivity index (χ3v) is 5.83. The standard InChI is InChI=1S/C22H25N3O3S.ClH/c1-15-5-7-17-20(13-15)29-22(23-17)25(10-4-9-24(2)3)21(26)16-6-8-18-19(14-16)28-12-11-27-18;/h5-8,13-14H,4,9-12H2,1-3H3;1H. The molecule has 0 bridgehead atoms. The number of halogens is 1. The third kappa shape index (κ3) is 4.86. The third-order valence-electron chi connectivity index (χ3n) is 4.78. The van der Waals surface area contributed by atoms with E-state index in [0.29, 0.717) is 36.8 Å². The van der Waals surface area contributed by atoms with Crippen molar-refractivity contribution in [2.75, 3.05) is 45.3 Å². The highest BCUT2D eigenvalue weighted by Crippen LogP contribution is 2.33. The number of aromatic nitrogens is 1. The average molecular weight is 448 g/mol. The van der Waals surface area contributed by atoms with E-state index in [4.69, 9.17) is 14.5 Å². The maximum Gasteiger partial charge on any atom is 0.260 e. The van der Waals surface area contributed by atoms with Gasteiger partial charge in [-0.3, -0.25) is 9.69 Å². The van der Waals surface area contributed by atoms with Gasteiger partial charge in [0.05, 0.1) is 10.2 Å². The Kier molecular flexibility index (Phi) is 7.18. The summed E-state index contributed by atoms with van der Waals surface area (Å²) in [6.07, 6.45) is 0.859. The van der Waals surface area contributed by atoms with Gasteiger partial charge in [0.25, 0.3) is 5.91 Å². The maximum absolute atomic E-state index is 13.4. The van der Waals surface area contributed by atoms with Crippen molar-refractivity contribution in [1.29, 1.82) is 0 Å². The molecule has 0 aliphatic carbocycles. The zero-order valence-corrected chi connectivity index (χ0v) is 19.0. The number of rotatable bonds is 6. The van der Waals surface area contributed by atoms with Gasteiger partial charge in [0.2, 0.25) is 0 Å². The van der Waals surface area contributed by atoms with Gasteiger partial charge < -0.3 is 14.4 Å². The summed E-state index contributed by atoms with van der Waals surface area (Å²) in [5.41, 5.74) is 2.68. The minimum atomic E-state index is -0.0727. The van der Waals surface area contributed by atoms with E-state index in [2.05, 4.69) is 17.9 Å². The van der Waals surface area contributed by atoms with Gasteiger partial charge in [0.15, 0.2) is 16.6 Å². The Morgan fingerprint density at radius 3 is 2.60 bits per heavy atom. The number of benzene rings is 2. The molecule has 8 heteroatoms. The summed E-state index contributed by atoms with van der Waals surface area (Å²) >= 11 is 1.55. The summed E-state index contributed by atoms with van der Waals surface area (Å²) in [6, 6.07) is 11.5. The first-order chi connectivity index (χ1) is 14.0. The van der Waals surface area contributed by atoms with Crippen molar-refractivity contribution in [3.05, 3.63) is 47.5 Å². The fourth-order valence-corrected chi connectivity index (χ4v) is 4.38. The van der Waals surface area contributed by atoms with E-state index in [0.717, 1.165) is 28.3 Å². The number of nitrogens with zero attached hydrogens (tertiary/aromatic N) is 3. The van der Waals surface area contributed by atoms with Crippen molar-refractivity contribution in [2.24, 2.45) is 0 Å². The molecule has 30 heavy (non-hydrogen) atoms. The van der Waals surface area contributed by atoms with Crippen molar-refractivity contribution in [2.45, 2.75) is 13.3 Å². The molecule has 160 valence electrons. The lowest BCUT2D eigenvalue weighted by atomic mass is 10.1. The molecule has 0 saturated heterocycles. The smallest absolute Gasteiger partial charge is 0.260 e. The molecule has 0 N–H and O–H groups in total. The van der Waals surface area contributed by atoms with Crippen LogP contribution in [0.2, 0.25) is 0 Å². The number of amides is 1. The predicted octanol–water partition coefficient (Wildman–Crippen LogP) is 4.40. The minimum Gasteiger partial charge on any atom is -0.486 e. The van der Waals surface area contributed by atoms with Crippen LogP contribution in [-0.2, 0) is 0 Å². The average Bonchev–Trinajstić information content (AvgIpc) is 3.13. The van der Waals surface area contributed by atoms with Crippen LogP contribution in [0.25, 0.3) is 10.2 Å². The van der Waals surface area contributed by atoms with Crippen molar-refractivity contribution in [1.82, 2.24) is 9.88 Å². The van der Waals surface area contributed by atoms with E-state index in [1.165, 1.54) is 5.56 Å². The molecular formula is C22H26ClN3O3S. The molecule has 3 aromatic rings. The van der Waals surface area contributed by atoms with Crippen LogP contribution in [0.5, 0.6) is 11.5 Å². The SMILES string of the molecule is Cc1ccc2nc(N(CCCN(C)C)C(=O)c3ccc4c(c3)OCCO4)sc2c1.Cl. The highest BCUT2D eigenvalue weighted by atomic mass is 35.5. The van der Waals surface area contributed by atoms with Crippen LogP contribution >= 0.6 is 23.7 Å². The quantitative estimate of drug-likeness (QED) is 0.560. The number of ether oxygens (including phenoxy) is 2. The Labute approximate surface area is 186 Å². The topological polar surface area (TPSA) is 54.9 Å². The number of aryl methyl sites for hydroxylation is 1. The molecule has 0 unspecified atom stereocenters. The van der Waals surface area contributed by atoms with Gasteiger partial charge in [-0.05, 0) is 69.9 Å². The summed E-state index contributed by atoms with van der Waals surface area (Å²) in [7, 11) is 4.07. The maximum atomic E-state index is 13.4. The molecule has 1 aromatic heterocycles. The number of fused-ring (bicyclic) bond motifs is 2. The Bertz CT molecular complexity index is 1040. The molecule has 2 aromatic carbocycles. The van der Waals surface area contributed by atoms with Gasteiger partial charge in [-0.1, -0.05) is 17.4 Å². The molecule has 1 amide bonds. The number of hydrogen-bond donors (Lipinski definition) is 0. The van der Waals surface area contributed by atoms with E-state index < -0.39 is 0 Å². The Morgan fingerprint density at radius 2 is 1.83 bits per heavy atom. The van der Waals surface area contributed by atoms with Gasteiger partial charge in [0, 0.05) is 12.1 Å². The van der Waals surface area contributed by atoms with Gasteiger partial charge in [0.1, 0.15) is 13.2 Å². The molecule has 0 fully saturated rings. The van der Waals surface area contributed by atoms with Gasteiger partial charge in [-0.25, -0.2) is 4.98 Å². The first-order valence-corrected chi connectivity index (χ1v) is 10.6. The van der Waals surface area contributed by atoms with Crippen LogP contribution < -0.4 is 14.4 Å². The highest BCUT2D eigenvalue weighted by Gasteiger charge is 2.23. The summed E-state index contributed by atoms with van der Waals surface area (Å²) in [5, 5.41) is 0.726. The Morgan fingerprint density at radius 1 is 1.07 bits per heavy atom. The largest absolute Gasteiger partial charge is 0.486 e.